The van der Waals surface area contributed by atoms with Gasteiger partial charge in [-0.25, -0.2) is 13.8 Å². The van der Waals surface area contributed by atoms with Gasteiger partial charge in [0.25, 0.3) is 11.5 Å². The number of fused-ring (bicyclic) bond motifs is 1. The number of hydrogen-bond donors (Lipinski definition) is 1. The lowest BCUT2D eigenvalue weighted by atomic mass is 9.96. The van der Waals surface area contributed by atoms with Crippen molar-refractivity contribution < 1.29 is 21.8 Å². The zero-order valence-electron chi connectivity index (χ0n) is 27.3. The molecule has 202 valence electrons. The van der Waals surface area contributed by atoms with Gasteiger partial charge in [-0.05, 0) is 42.3 Å². The molecule has 0 saturated carbocycles. The molecule has 8 nitrogen and oxygen atoms in total. The maximum atomic E-state index is 15.2. The van der Waals surface area contributed by atoms with E-state index in [4.69, 9.17) is 8.22 Å². The van der Waals surface area contributed by atoms with Crippen LogP contribution in [0.15, 0.2) is 59.7 Å². The van der Waals surface area contributed by atoms with Crippen molar-refractivity contribution in [3.8, 4) is 5.69 Å². The second kappa shape index (κ2) is 10.5. The number of carbonyl (C=O) groups is 1. The minimum Gasteiger partial charge on any atom is -0.388 e. The van der Waals surface area contributed by atoms with E-state index in [2.05, 4.69) is 15.2 Å². The second-order valence-corrected chi connectivity index (χ2v) is 9.31. The van der Waals surface area contributed by atoms with E-state index in [1.807, 2.05) is 17.7 Å². The van der Waals surface area contributed by atoms with Crippen LogP contribution in [-0.2, 0) is 13.6 Å². The van der Waals surface area contributed by atoms with Crippen LogP contribution in [0.5, 0.6) is 0 Å². The van der Waals surface area contributed by atoms with Crippen molar-refractivity contribution in [1.82, 2.24) is 23.9 Å². The third kappa shape index (κ3) is 4.95. The molecule has 1 aliphatic heterocycles. The first-order valence-electron chi connectivity index (χ1n) is 15.2. The summed E-state index contributed by atoms with van der Waals surface area (Å²) in [6.45, 7) is -5.40. The van der Waals surface area contributed by atoms with Crippen LogP contribution in [0, 0.1) is 11.6 Å². The van der Waals surface area contributed by atoms with Crippen LogP contribution in [0.1, 0.15) is 36.3 Å². The van der Waals surface area contributed by atoms with Gasteiger partial charge in [0.15, 0.2) is 0 Å². The minimum atomic E-state index is -3.35. The molecule has 0 aliphatic carbocycles. The van der Waals surface area contributed by atoms with Crippen molar-refractivity contribution in [2.45, 2.75) is 13.0 Å². The molecule has 0 unspecified atom stereocenters. The Hall–Kier alpha value is -4.31. The average Bonchev–Trinajstić information content (AvgIpc) is 3.27. The molecule has 1 N–H and O–H groups in total. The minimum absolute atomic E-state index is 0.197. The van der Waals surface area contributed by atoms with E-state index in [9.17, 15) is 9.59 Å². The number of aromatic nitrogens is 3. The number of nitrogens with zero attached hydrogens (tertiary/aromatic N) is 5. The SMILES string of the molecule is [2H]C([2H])([2H])N(C(=O)c1cc(F)c(C2=CCN(Cc3cc4c(-n5ccc(NC)cc5=O)ccnc4n3C)CC2)c(F)c1)C([2H])([2H])[2H]. The summed E-state index contributed by atoms with van der Waals surface area (Å²) in [6, 6.07) is 8.37. The summed E-state index contributed by atoms with van der Waals surface area (Å²) in [5.41, 5.74) is 2.09. The van der Waals surface area contributed by atoms with Gasteiger partial charge in [0.05, 0.1) is 5.69 Å². The molecular weight excluding hydrogens is 502 g/mol. The first kappa shape index (κ1) is 19.7. The summed E-state index contributed by atoms with van der Waals surface area (Å²) in [4.78, 5) is 31.7. The topological polar surface area (TPSA) is 75.4 Å². The van der Waals surface area contributed by atoms with Crippen LogP contribution in [0.3, 0.4) is 0 Å². The molecule has 4 heterocycles. The number of benzene rings is 1. The van der Waals surface area contributed by atoms with E-state index in [0.29, 0.717) is 54.4 Å². The van der Waals surface area contributed by atoms with Crippen LogP contribution >= 0.6 is 0 Å². The number of halogens is 2. The third-order valence-electron chi connectivity index (χ3n) is 6.97. The Morgan fingerprint density at radius 2 is 1.95 bits per heavy atom. The van der Waals surface area contributed by atoms with Gasteiger partial charge in [0, 0.05) is 102 Å². The Morgan fingerprint density at radius 3 is 2.59 bits per heavy atom. The predicted octanol–water partition coefficient (Wildman–Crippen LogP) is 4.04. The molecule has 0 radical (unpaired) electrons. The Labute approximate surface area is 233 Å². The number of rotatable bonds is 6. The Kier molecular flexibility index (Phi) is 5.28. The number of hydrogen-bond acceptors (Lipinski definition) is 5. The van der Waals surface area contributed by atoms with E-state index >= 15 is 8.78 Å². The molecule has 1 amide bonds. The van der Waals surface area contributed by atoms with Crippen molar-refractivity contribution in [1.29, 1.82) is 0 Å². The lowest BCUT2D eigenvalue weighted by Crippen LogP contribution is -2.29. The Morgan fingerprint density at radius 1 is 1.18 bits per heavy atom. The summed E-state index contributed by atoms with van der Waals surface area (Å²) in [5, 5.41) is 3.74. The summed E-state index contributed by atoms with van der Waals surface area (Å²) >= 11 is 0. The quantitative estimate of drug-likeness (QED) is 0.401. The van der Waals surface area contributed by atoms with Crippen LogP contribution in [0.2, 0.25) is 0 Å². The maximum absolute atomic E-state index is 15.2. The van der Waals surface area contributed by atoms with E-state index in [1.54, 1.807) is 42.2 Å². The third-order valence-corrected chi connectivity index (χ3v) is 6.97. The highest BCUT2D eigenvalue weighted by Crippen LogP contribution is 2.30. The highest BCUT2D eigenvalue weighted by molar-refractivity contribution is 5.94. The van der Waals surface area contributed by atoms with Gasteiger partial charge in [-0.3, -0.25) is 19.1 Å². The molecule has 0 bridgehead atoms. The van der Waals surface area contributed by atoms with Crippen molar-refractivity contribution in [3.63, 3.8) is 0 Å². The van der Waals surface area contributed by atoms with Gasteiger partial charge >= 0.3 is 0 Å². The number of aryl methyl sites for hydroxylation is 1. The van der Waals surface area contributed by atoms with Crippen molar-refractivity contribution in [2.24, 2.45) is 7.05 Å². The number of carbonyl (C=O) groups excluding carboxylic acids is 1. The van der Waals surface area contributed by atoms with E-state index < -0.39 is 37.1 Å². The molecule has 0 atom stereocenters. The first-order valence-corrected chi connectivity index (χ1v) is 12.2. The van der Waals surface area contributed by atoms with Crippen molar-refractivity contribution >= 4 is 28.2 Å². The predicted molar refractivity (Wildman–Crippen MR) is 148 cm³/mol. The number of anilines is 1. The summed E-state index contributed by atoms with van der Waals surface area (Å²) in [5.74, 6) is -3.73. The molecule has 10 heteroatoms. The van der Waals surface area contributed by atoms with Crippen molar-refractivity contribution in [3.05, 3.63) is 93.7 Å². The van der Waals surface area contributed by atoms with Gasteiger partial charge in [-0.15, -0.1) is 0 Å². The number of amides is 1. The Bertz CT molecular complexity index is 1840. The fraction of sp³-hybridized carbons (Fsp3) is 0.276. The zero-order valence-corrected chi connectivity index (χ0v) is 21.3. The number of pyridine rings is 2. The largest absolute Gasteiger partial charge is 0.388 e. The normalized spacial score (nSPS) is 16.9. The van der Waals surface area contributed by atoms with Crippen LogP contribution in [-0.4, -0.2) is 63.9 Å². The lowest BCUT2D eigenvalue weighted by molar-refractivity contribution is 0.0826. The molecule has 3 aromatic heterocycles. The van der Waals surface area contributed by atoms with E-state index in [-0.39, 0.29) is 22.4 Å². The standard InChI is InChI=1S/C29H30F2N6O2/c1-32-20-8-12-37(26(38)15-20)25-5-9-33-28-22(25)16-21(35(28)4)17-36-10-6-18(7-11-36)27-23(30)13-19(14-24(27)31)29(39)34(2)3/h5-6,8-9,12-16,32H,7,10-11,17H2,1-4H3/i2D3,3D3. The molecule has 1 aliphatic rings. The molecule has 4 aromatic rings. The number of nitrogens with one attached hydrogen (secondary N) is 1. The molecule has 0 fully saturated rings. The fourth-order valence-corrected chi connectivity index (χ4v) is 4.90. The van der Waals surface area contributed by atoms with Gasteiger partial charge in [-0.2, -0.15) is 0 Å². The maximum Gasteiger partial charge on any atom is 0.257 e. The highest BCUT2D eigenvalue weighted by atomic mass is 19.1. The molecule has 1 aromatic carbocycles. The van der Waals surface area contributed by atoms with Gasteiger partial charge in [0.1, 0.15) is 17.3 Å². The fourth-order valence-electron chi connectivity index (χ4n) is 4.90. The molecule has 0 spiro atoms. The average molecular weight is 539 g/mol. The van der Waals surface area contributed by atoms with Crippen LogP contribution < -0.4 is 10.9 Å². The zero-order chi connectivity index (χ0) is 32.8. The second-order valence-electron chi connectivity index (χ2n) is 9.31. The lowest BCUT2D eigenvalue weighted by Gasteiger charge is -2.27. The molecule has 5 rings (SSSR count). The summed E-state index contributed by atoms with van der Waals surface area (Å²) < 4.78 is 78.3. The summed E-state index contributed by atoms with van der Waals surface area (Å²) in [7, 11) is 3.61. The first-order chi connectivity index (χ1) is 21.1. The summed E-state index contributed by atoms with van der Waals surface area (Å²) in [6.07, 6.45) is 5.29. The smallest absolute Gasteiger partial charge is 0.257 e. The van der Waals surface area contributed by atoms with Gasteiger partial charge < -0.3 is 14.8 Å². The van der Waals surface area contributed by atoms with Gasteiger partial charge in [0.2, 0.25) is 0 Å². The Balaban J connectivity index is 1.37. The van der Waals surface area contributed by atoms with Crippen LogP contribution in [0.4, 0.5) is 14.5 Å². The molecule has 39 heavy (non-hydrogen) atoms. The van der Waals surface area contributed by atoms with Gasteiger partial charge in [-0.1, -0.05) is 6.08 Å². The highest BCUT2D eigenvalue weighted by Gasteiger charge is 2.23. The van der Waals surface area contributed by atoms with E-state index in [1.165, 1.54) is 6.07 Å². The molecule has 0 saturated heterocycles. The molecular formula is C29H30F2N6O2. The monoisotopic (exact) mass is 538 g/mol. The van der Waals surface area contributed by atoms with Crippen LogP contribution in [0.25, 0.3) is 22.3 Å². The van der Waals surface area contributed by atoms with E-state index in [0.717, 1.165) is 11.1 Å². The van der Waals surface area contributed by atoms with Crippen molar-refractivity contribution in [2.75, 3.05) is 39.4 Å².